The zero-order valence-electron chi connectivity index (χ0n) is 9.76. The fourth-order valence-corrected chi connectivity index (χ4v) is 2.61. The summed E-state index contributed by atoms with van der Waals surface area (Å²) < 4.78 is 0. The number of nitrogens with one attached hydrogen (secondary N) is 1. The van der Waals surface area contributed by atoms with Crippen LogP contribution in [0.4, 0.5) is 5.69 Å². The van der Waals surface area contributed by atoms with Gasteiger partial charge in [0.05, 0.1) is 10.0 Å². The molecule has 1 saturated carbocycles. The Morgan fingerprint density at radius 2 is 1.82 bits per heavy atom. The lowest BCUT2D eigenvalue weighted by Crippen LogP contribution is -2.39. The van der Waals surface area contributed by atoms with Crippen LogP contribution in [0.5, 0.6) is 0 Å². The summed E-state index contributed by atoms with van der Waals surface area (Å²) in [6, 6.07) is 6.20. The molecule has 2 unspecified atom stereocenters. The van der Waals surface area contributed by atoms with Gasteiger partial charge < -0.3 is 11.1 Å². The van der Waals surface area contributed by atoms with E-state index in [2.05, 4.69) is 5.32 Å². The van der Waals surface area contributed by atoms with Gasteiger partial charge in [0.15, 0.2) is 0 Å². The van der Waals surface area contributed by atoms with E-state index in [0.717, 1.165) is 18.5 Å². The summed E-state index contributed by atoms with van der Waals surface area (Å²) in [5.74, 6) is 0. The van der Waals surface area contributed by atoms with E-state index in [9.17, 15) is 0 Å². The maximum Gasteiger partial charge on any atom is 0.0612 e. The summed E-state index contributed by atoms with van der Waals surface area (Å²) in [6.07, 6.45) is 5.99. The Labute approximate surface area is 112 Å². The number of hydrogen-bond donors (Lipinski definition) is 2. The van der Waals surface area contributed by atoms with Gasteiger partial charge in [-0.1, -0.05) is 42.5 Å². The van der Waals surface area contributed by atoms with Gasteiger partial charge in [-0.05, 0) is 31.0 Å². The first-order chi connectivity index (χ1) is 8.16. The van der Waals surface area contributed by atoms with Crippen LogP contribution in [0.3, 0.4) is 0 Å². The van der Waals surface area contributed by atoms with Crippen molar-refractivity contribution in [2.75, 3.05) is 5.32 Å². The van der Waals surface area contributed by atoms with Crippen molar-refractivity contribution in [2.45, 2.75) is 44.2 Å². The van der Waals surface area contributed by atoms with Gasteiger partial charge in [-0.2, -0.15) is 0 Å². The lowest BCUT2D eigenvalue weighted by Gasteiger charge is -2.24. The Balaban J connectivity index is 2.05. The van der Waals surface area contributed by atoms with E-state index in [0.29, 0.717) is 16.1 Å². The van der Waals surface area contributed by atoms with Crippen LogP contribution in [0.1, 0.15) is 32.1 Å². The molecule has 1 fully saturated rings. The van der Waals surface area contributed by atoms with Gasteiger partial charge in [0.25, 0.3) is 0 Å². The molecule has 2 rings (SSSR count). The standard InChI is InChI=1S/C13H18Cl2N2/c14-10-7-6-9(8-11(10)15)17-13-5-3-1-2-4-12(13)16/h6-8,12-13,17H,1-5,16H2. The molecule has 17 heavy (non-hydrogen) atoms. The van der Waals surface area contributed by atoms with Crippen molar-refractivity contribution in [3.63, 3.8) is 0 Å². The van der Waals surface area contributed by atoms with Crippen molar-refractivity contribution in [3.8, 4) is 0 Å². The number of hydrogen-bond acceptors (Lipinski definition) is 2. The second kappa shape index (κ2) is 5.94. The van der Waals surface area contributed by atoms with Crippen molar-refractivity contribution in [3.05, 3.63) is 28.2 Å². The first-order valence-corrected chi connectivity index (χ1v) is 6.89. The summed E-state index contributed by atoms with van der Waals surface area (Å²) in [7, 11) is 0. The van der Waals surface area contributed by atoms with Crippen LogP contribution < -0.4 is 11.1 Å². The smallest absolute Gasteiger partial charge is 0.0612 e. The molecule has 1 aliphatic rings. The van der Waals surface area contributed by atoms with Crippen molar-refractivity contribution in [1.29, 1.82) is 0 Å². The highest BCUT2D eigenvalue weighted by Gasteiger charge is 2.20. The average molecular weight is 273 g/mol. The maximum absolute atomic E-state index is 6.17. The monoisotopic (exact) mass is 272 g/mol. The molecule has 94 valence electrons. The normalized spacial score (nSPS) is 25.4. The van der Waals surface area contributed by atoms with Crippen LogP contribution >= 0.6 is 23.2 Å². The van der Waals surface area contributed by atoms with Crippen LogP contribution in [0.2, 0.25) is 10.0 Å². The highest BCUT2D eigenvalue weighted by Crippen LogP contribution is 2.27. The summed E-state index contributed by atoms with van der Waals surface area (Å²) in [5, 5.41) is 4.64. The SMILES string of the molecule is NC1CCCCCC1Nc1ccc(Cl)c(Cl)c1. The van der Waals surface area contributed by atoms with E-state index in [1.165, 1.54) is 19.3 Å². The van der Waals surface area contributed by atoms with Gasteiger partial charge in [-0.25, -0.2) is 0 Å². The van der Waals surface area contributed by atoms with Gasteiger partial charge in [-0.3, -0.25) is 0 Å². The molecule has 0 bridgehead atoms. The summed E-state index contributed by atoms with van der Waals surface area (Å²) in [6.45, 7) is 0. The topological polar surface area (TPSA) is 38.0 Å². The van der Waals surface area contributed by atoms with Crippen molar-refractivity contribution in [2.24, 2.45) is 5.73 Å². The Morgan fingerprint density at radius 3 is 2.59 bits per heavy atom. The molecule has 0 saturated heterocycles. The predicted molar refractivity (Wildman–Crippen MR) is 74.9 cm³/mol. The average Bonchev–Trinajstić information content (AvgIpc) is 2.50. The molecule has 1 aromatic carbocycles. The van der Waals surface area contributed by atoms with Crippen LogP contribution in [-0.2, 0) is 0 Å². The molecule has 2 nitrogen and oxygen atoms in total. The fraction of sp³-hybridized carbons (Fsp3) is 0.538. The highest BCUT2D eigenvalue weighted by atomic mass is 35.5. The number of rotatable bonds is 2. The fourth-order valence-electron chi connectivity index (χ4n) is 2.32. The van der Waals surface area contributed by atoms with Gasteiger partial charge in [0.2, 0.25) is 0 Å². The number of nitrogens with two attached hydrogens (primary N) is 1. The number of halogens is 2. The minimum atomic E-state index is 0.229. The number of benzene rings is 1. The van der Waals surface area contributed by atoms with Crippen LogP contribution in [0.15, 0.2) is 18.2 Å². The van der Waals surface area contributed by atoms with Gasteiger partial charge in [0, 0.05) is 17.8 Å². The van der Waals surface area contributed by atoms with Crippen LogP contribution in [-0.4, -0.2) is 12.1 Å². The van der Waals surface area contributed by atoms with E-state index >= 15 is 0 Å². The lowest BCUT2D eigenvalue weighted by atomic mass is 10.0. The quantitative estimate of drug-likeness (QED) is 0.797. The van der Waals surface area contributed by atoms with E-state index in [4.69, 9.17) is 28.9 Å². The maximum atomic E-state index is 6.17. The minimum Gasteiger partial charge on any atom is -0.381 e. The third-order valence-corrected chi connectivity index (χ3v) is 4.08. The Kier molecular flexibility index (Phi) is 4.55. The largest absolute Gasteiger partial charge is 0.381 e. The molecule has 2 atom stereocenters. The van der Waals surface area contributed by atoms with E-state index < -0.39 is 0 Å². The van der Waals surface area contributed by atoms with E-state index in [1.807, 2.05) is 18.2 Å². The molecule has 0 heterocycles. The molecular weight excluding hydrogens is 255 g/mol. The summed E-state index contributed by atoms with van der Waals surface area (Å²) in [5.41, 5.74) is 7.17. The lowest BCUT2D eigenvalue weighted by molar-refractivity contribution is 0.528. The van der Waals surface area contributed by atoms with Crippen LogP contribution in [0, 0.1) is 0 Å². The first kappa shape index (κ1) is 13.0. The minimum absolute atomic E-state index is 0.229. The predicted octanol–water partition coefficient (Wildman–Crippen LogP) is 4.07. The molecule has 1 aliphatic carbocycles. The summed E-state index contributed by atoms with van der Waals surface area (Å²) >= 11 is 11.9. The molecular formula is C13H18Cl2N2. The molecule has 0 spiro atoms. The molecule has 0 radical (unpaired) electrons. The Morgan fingerprint density at radius 1 is 1.06 bits per heavy atom. The molecule has 3 N–H and O–H groups in total. The second-order valence-corrected chi connectivity index (χ2v) is 5.50. The second-order valence-electron chi connectivity index (χ2n) is 4.68. The van der Waals surface area contributed by atoms with Crippen molar-refractivity contribution in [1.82, 2.24) is 0 Å². The zero-order chi connectivity index (χ0) is 12.3. The molecule has 4 heteroatoms. The first-order valence-electron chi connectivity index (χ1n) is 6.14. The highest BCUT2D eigenvalue weighted by molar-refractivity contribution is 6.42. The Bertz CT molecular complexity index is 382. The van der Waals surface area contributed by atoms with Gasteiger partial charge in [-0.15, -0.1) is 0 Å². The van der Waals surface area contributed by atoms with Crippen molar-refractivity contribution < 1.29 is 0 Å². The van der Waals surface area contributed by atoms with Gasteiger partial charge >= 0.3 is 0 Å². The zero-order valence-corrected chi connectivity index (χ0v) is 11.3. The Hall–Kier alpha value is -0.440. The van der Waals surface area contributed by atoms with E-state index in [-0.39, 0.29) is 6.04 Å². The van der Waals surface area contributed by atoms with E-state index in [1.54, 1.807) is 0 Å². The summed E-state index contributed by atoms with van der Waals surface area (Å²) in [4.78, 5) is 0. The third-order valence-electron chi connectivity index (χ3n) is 3.34. The molecule has 1 aromatic rings. The molecule has 0 aliphatic heterocycles. The van der Waals surface area contributed by atoms with Gasteiger partial charge in [0.1, 0.15) is 0 Å². The van der Waals surface area contributed by atoms with Crippen LogP contribution in [0.25, 0.3) is 0 Å². The van der Waals surface area contributed by atoms with Crippen molar-refractivity contribution >= 4 is 28.9 Å². The third kappa shape index (κ3) is 3.51. The molecule has 0 amide bonds. The molecule has 0 aromatic heterocycles. The number of anilines is 1.